The average molecular weight is 313 g/mol. The number of nitro groups is 1. The number of aryl methyl sites for hydroxylation is 1. The molecule has 2 aromatic rings. The average Bonchev–Trinajstić information content (AvgIpc) is 2.55. The first-order valence-corrected chi connectivity index (χ1v) is 6.81. The third-order valence-corrected chi connectivity index (χ3v) is 2.90. The summed E-state index contributed by atoms with van der Waals surface area (Å²) in [6.07, 6.45) is 1.50. The van der Waals surface area contributed by atoms with Crippen molar-refractivity contribution in [2.24, 2.45) is 5.10 Å². The topological polar surface area (TPSA) is 93.8 Å². The maximum atomic E-state index is 11.6. The molecule has 2 rings (SSSR count). The lowest BCUT2D eigenvalue weighted by Crippen LogP contribution is -2.24. The molecule has 0 radical (unpaired) electrons. The van der Waals surface area contributed by atoms with Gasteiger partial charge in [0.1, 0.15) is 0 Å². The number of ether oxygens (including phenoxy) is 1. The summed E-state index contributed by atoms with van der Waals surface area (Å²) >= 11 is 0. The van der Waals surface area contributed by atoms with E-state index in [0.717, 1.165) is 11.1 Å². The van der Waals surface area contributed by atoms with E-state index in [1.165, 1.54) is 24.4 Å². The number of hydrazone groups is 1. The molecule has 2 aromatic carbocycles. The fourth-order valence-corrected chi connectivity index (χ4v) is 1.74. The minimum absolute atomic E-state index is 0.0372. The maximum Gasteiger partial charge on any atom is 0.310 e. The second-order valence-corrected chi connectivity index (χ2v) is 4.72. The van der Waals surface area contributed by atoms with E-state index in [2.05, 4.69) is 10.5 Å². The van der Waals surface area contributed by atoms with Crippen molar-refractivity contribution < 1.29 is 14.5 Å². The minimum atomic E-state index is -0.567. The second-order valence-electron chi connectivity index (χ2n) is 4.72. The van der Waals surface area contributed by atoms with E-state index >= 15 is 0 Å². The van der Waals surface area contributed by atoms with Gasteiger partial charge in [-0.15, -0.1) is 0 Å². The van der Waals surface area contributed by atoms with Crippen molar-refractivity contribution in [3.05, 3.63) is 69.8 Å². The van der Waals surface area contributed by atoms with E-state index in [0.29, 0.717) is 0 Å². The van der Waals surface area contributed by atoms with Crippen LogP contribution in [0.2, 0.25) is 0 Å². The molecule has 0 aliphatic rings. The second kappa shape index (κ2) is 7.69. The van der Waals surface area contributed by atoms with Crippen LogP contribution in [0, 0.1) is 17.0 Å². The number of carbonyl (C=O) groups is 1. The zero-order chi connectivity index (χ0) is 16.7. The summed E-state index contributed by atoms with van der Waals surface area (Å²) in [5.74, 6) is -0.471. The quantitative estimate of drug-likeness (QED) is 0.503. The lowest BCUT2D eigenvalue weighted by molar-refractivity contribution is -0.385. The highest BCUT2D eigenvalue weighted by Gasteiger charge is 2.14. The van der Waals surface area contributed by atoms with E-state index < -0.39 is 10.8 Å². The Kier molecular flexibility index (Phi) is 5.40. The minimum Gasteiger partial charge on any atom is -0.477 e. The van der Waals surface area contributed by atoms with Crippen molar-refractivity contribution in [1.82, 2.24) is 5.43 Å². The summed E-state index contributed by atoms with van der Waals surface area (Å²) in [5, 5.41) is 14.6. The molecule has 1 amide bonds. The number of nitro benzene ring substituents is 1. The fourth-order valence-electron chi connectivity index (χ4n) is 1.74. The third kappa shape index (κ3) is 4.92. The molecule has 7 heteroatoms. The Morgan fingerprint density at radius 3 is 2.65 bits per heavy atom. The van der Waals surface area contributed by atoms with Gasteiger partial charge in [-0.25, -0.2) is 5.43 Å². The third-order valence-electron chi connectivity index (χ3n) is 2.90. The van der Waals surface area contributed by atoms with Crippen LogP contribution in [0.5, 0.6) is 5.75 Å². The molecule has 7 nitrogen and oxygen atoms in total. The number of benzene rings is 2. The molecule has 0 spiro atoms. The van der Waals surface area contributed by atoms with Gasteiger partial charge in [0.2, 0.25) is 0 Å². The van der Waals surface area contributed by atoms with Crippen molar-refractivity contribution in [1.29, 1.82) is 0 Å². The molecule has 0 atom stereocenters. The molecule has 0 heterocycles. The van der Waals surface area contributed by atoms with Gasteiger partial charge in [0.25, 0.3) is 5.91 Å². The SMILES string of the molecule is Cc1ccc(/C=N/NC(=O)COc2ccccc2[N+](=O)[O-])cc1. The predicted octanol–water partition coefficient (Wildman–Crippen LogP) is 2.43. The first-order valence-electron chi connectivity index (χ1n) is 6.81. The summed E-state index contributed by atoms with van der Waals surface area (Å²) in [6, 6.07) is 13.5. The Morgan fingerprint density at radius 1 is 1.26 bits per heavy atom. The number of nitrogens with zero attached hydrogens (tertiary/aromatic N) is 2. The van der Waals surface area contributed by atoms with Crippen molar-refractivity contribution in [2.75, 3.05) is 6.61 Å². The molecule has 0 fully saturated rings. The molecule has 23 heavy (non-hydrogen) atoms. The number of para-hydroxylation sites is 2. The Balaban J connectivity index is 1.86. The van der Waals surface area contributed by atoms with Crippen LogP contribution in [0.4, 0.5) is 5.69 Å². The van der Waals surface area contributed by atoms with Gasteiger partial charge >= 0.3 is 5.69 Å². The highest BCUT2D eigenvalue weighted by Crippen LogP contribution is 2.25. The highest BCUT2D eigenvalue weighted by molar-refractivity contribution is 5.83. The fraction of sp³-hybridized carbons (Fsp3) is 0.125. The molecule has 0 aliphatic heterocycles. The van der Waals surface area contributed by atoms with Gasteiger partial charge in [0, 0.05) is 6.07 Å². The molecule has 0 aromatic heterocycles. The van der Waals surface area contributed by atoms with E-state index in [9.17, 15) is 14.9 Å². The standard InChI is InChI=1S/C16H15N3O4/c1-12-6-8-13(9-7-12)10-17-18-16(20)11-23-15-5-3-2-4-14(15)19(21)22/h2-10H,11H2,1H3,(H,18,20)/b17-10+. The molecular weight excluding hydrogens is 298 g/mol. The van der Waals surface area contributed by atoms with Crippen LogP contribution in [0.15, 0.2) is 53.6 Å². The molecule has 1 N–H and O–H groups in total. The number of rotatable bonds is 6. The number of amides is 1. The molecule has 0 saturated heterocycles. The van der Waals surface area contributed by atoms with Gasteiger partial charge < -0.3 is 4.74 Å². The normalized spacial score (nSPS) is 10.5. The molecular formula is C16H15N3O4. The van der Waals surface area contributed by atoms with Crippen molar-refractivity contribution in [2.45, 2.75) is 6.92 Å². The van der Waals surface area contributed by atoms with Gasteiger partial charge in [-0.1, -0.05) is 42.0 Å². The van der Waals surface area contributed by atoms with E-state index in [4.69, 9.17) is 4.74 Å². The summed E-state index contributed by atoms with van der Waals surface area (Å²) in [7, 11) is 0. The van der Waals surface area contributed by atoms with Crippen LogP contribution in [0.1, 0.15) is 11.1 Å². The van der Waals surface area contributed by atoms with Gasteiger partial charge in [-0.05, 0) is 18.6 Å². The van der Waals surface area contributed by atoms with Gasteiger partial charge in [-0.3, -0.25) is 14.9 Å². The van der Waals surface area contributed by atoms with E-state index in [-0.39, 0.29) is 18.0 Å². The molecule has 0 saturated carbocycles. The molecule has 0 unspecified atom stereocenters. The summed E-state index contributed by atoms with van der Waals surface area (Å²) in [5.41, 5.74) is 4.08. The van der Waals surface area contributed by atoms with Crippen molar-refractivity contribution in [3.8, 4) is 5.75 Å². The van der Waals surface area contributed by atoms with E-state index in [1.807, 2.05) is 31.2 Å². The van der Waals surface area contributed by atoms with Gasteiger partial charge in [0.05, 0.1) is 11.1 Å². The summed E-state index contributed by atoms with van der Waals surface area (Å²) in [4.78, 5) is 21.9. The number of carbonyl (C=O) groups excluding carboxylic acids is 1. The molecule has 118 valence electrons. The molecule has 0 bridgehead atoms. The van der Waals surface area contributed by atoms with Crippen LogP contribution >= 0.6 is 0 Å². The zero-order valence-electron chi connectivity index (χ0n) is 12.4. The van der Waals surface area contributed by atoms with Gasteiger partial charge in [-0.2, -0.15) is 5.10 Å². The van der Waals surface area contributed by atoms with Gasteiger partial charge in [0.15, 0.2) is 12.4 Å². The monoisotopic (exact) mass is 313 g/mol. The van der Waals surface area contributed by atoms with Crippen molar-refractivity contribution >= 4 is 17.8 Å². The van der Waals surface area contributed by atoms with Crippen LogP contribution in [-0.2, 0) is 4.79 Å². The highest BCUT2D eigenvalue weighted by atomic mass is 16.6. The van der Waals surface area contributed by atoms with Crippen LogP contribution in [-0.4, -0.2) is 23.7 Å². The number of hydrogen-bond acceptors (Lipinski definition) is 5. The Labute approximate surface area is 132 Å². The Morgan fingerprint density at radius 2 is 1.96 bits per heavy atom. The first-order chi connectivity index (χ1) is 11.1. The first kappa shape index (κ1) is 16.2. The van der Waals surface area contributed by atoms with Crippen LogP contribution < -0.4 is 10.2 Å². The lowest BCUT2D eigenvalue weighted by Gasteiger charge is -2.05. The van der Waals surface area contributed by atoms with Crippen molar-refractivity contribution in [3.63, 3.8) is 0 Å². The zero-order valence-corrected chi connectivity index (χ0v) is 12.4. The largest absolute Gasteiger partial charge is 0.477 e. The Bertz CT molecular complexity index is 726. The number of hydrogen-bond donors (Lipinski definition) is 1. The Hall–Kier alpha value is -3.22. The maximum absolute atomic E-state index is 11.6. The molecule has 0 aliphatic carbocycles. The van der Waals surface area contributed by atoms with E-state index in [1.54, 1.807) is 6.07 Å². The van der Waals surface area contributed by atoms with Crippen LogP contribution in [0.3, 0.4) is 0 Å². The predicted molar refractivity (Wildman–Crippen MR) is 85.5 cm³/mol. The lowest BCUT2D eigenvalue weighted by atomic mass is 10.2. The van der Waals surface area contributed by atoms with Crippen LogP contribution in [0.25, 0.3) is 0 Å². The smallest absolute Gasteiger partial charge is 0.310 e. The summed E-state index contributed by atoms with van der Waals surface area (Å²) in [6.45, 7) is 1.61. The summed E-state index contributed by atoms with van der Waals surface area (Å²) < 4.78 is 5.15. The number of nitrogens with one attached hydrogen (secondary N) is 1.